The molecular weight excluding hydrogens is 262 g/mol. The zero-order chi connectivity index (χ0) is 14.7. The number of carbonyl (C=O) groups excluding carboxylic acids is 2. The van der Waals surface area contributed by atoms with Crippen LogP contribution in [0, 0.1) is 5.92 Å². The summed E-state index contributed by atoms with van der Waals surface area (Å²) in [6.45, 7) is 2.23. The molecule has 1 unspecified atom stereocenters. The van der Waals surface area contributed by atoms with Gasteiger partial charge in [0.2, 0.25) is 5.78 Å². The van der Waals surface area contributed by atoms with E-state index in [1.807, 2.05) is 0 Å². The first-order chi connectivity index (χ1) is 9.58. The van der Waals surface area contributed by atoms with Crippen molar-refractivity contribution in [2.75, 3.05) is 20.8 Å². The fourth-order valence-corrected chi connectivity index (χ4v) is 2.41. The minimum atomic E-state index is -0.356. The van der Waals surface area contributed by atoms with Crippen LogP contribution in [-0.2, 0) is 14.4 Å². The number of methoxy groups -OCH3 is 1. The number of hydroxylamine groups is 2. The van der Waals surface area contributed by atoms with Crippen LogP contribution in [0.1, 0.15) is 23.9 Å². The van der Waals surface area contributed by atoms with E-state index in [1.165, 1.54) is 20.5 Å². The van der Waals surface area contributed by atoms with E-state index in [9.17, 15) is 9.59 Å². The van der Waals surface area contributed by atoms with Gasteiger partial charge in [0.05, 0.1) is 33.4 Å². The number of ketones is 1. The van der Waals surface area contributed by atoms with Crippen LogP contribution in [0.4, 0.5) is 0 Å². The van der Waals surface area contributed by atoms with Gasteiger partial charge in [0.25, 0.3) is 0 Å². The fraction of sp³-hybridized carbons (Fsp3) is 0.429. The zero-order valence-corrected chi connectivity index (χ0v) is 11.7. The molecule has 6 heteroatoms. The summed E-state index contributed by atoms with van der Waals surface area (Å²) in [6.07, 6.45) is 1.58. The highest BCUT2D eigenvalue weighted by Crippen LogP contribution is 2.33. The van der Waals surface area contributed by atoms with Gasteiger partial charge in [-0.3, -0.25) is 19.5 Å². The molecule has 6 nitrogen and oxygen atoms in total. The first kappa shape index (κ1) is 14.3. The van der Waals surface area contributed by atoms with Crippen LogP contribution in [-0.4, -0.2) is 37.6 Å². The smallest absolute Gasteiger partial charge is 0.306 e. The largest absolute Gasteiger partial charge is 0.469 e. The van der Waals surface area contributed by atoms with Gasteiger partial charge in [-0.1, -0.05) is 0 Å². The van der Waals surface area contributed by atoms with Crippen molar-refractivity contribution in [1.29, 1.82) is 0 Å². The molecule has 1 aromatic rings. The maximum Gasteiger partial charge on any atom is 0.306 e. The molecule has 2 heterocycles. The summed E-state index contributed by atoms with van der Waals surface area (Å²) >= 11 is 0. The van der Waals surface area contributed by atoms with Crippen LogP contribution in [0.2, 0.25) is 0 Å². The second-order valence-corrected chi connectivity index (χ2v) is 4.53. The Bertz CT molecular complexity index is 532. The Labute approximate surface area is 116 Å². The number of rotatable bonds is 5. The van der Waals surface area contributed by atoms with Crippen LogP contribution >= 0.6 is 0 Å². The second kappa shape index (κ2) is 5.92. The monoisotopic (exact) mass is 279 g/mol. The first-order valence-corrected chi connectivity index (χ1v) is 6.26. The van der Waals surface area contributed by atoms with E-state index in [0.717, 1.165) is 0 Å². The summed E-state index contributed by atoms with van der Waals surface area (Å²) in [5, 5.41) is 1.60. The van der Waals surface area contributed by atoms with Gasteiger partial charge in [-0.25, -0.2) is 0 Å². The van der Waals surface area contributed by atoms with Crippen LogP contribution in [0.3, 0.4) is 0 Å². The van der Waals surface area contributed by atoms with Gasteiger partial charge in [0, 0.05) is 17.2 Å². The van der Waals surface area contributed by atoms with Gasteiger partial charge >= 0.3 is 5.97 Å². The van der Waals surface area contributed by atoms with E-state index >= 15 is 0 Å². The quantitative estimate of drug-likeness (QED) is 0.604. The third-order valence-corrected chi connectivity index (χ3v) is 3.41. The molecule has 0 bridgehead atoms. The van der Waals surface area contributed by atoms with Crippen molar-refractivity contribution in [3.8, 4) is 0 Å². The maximum atomic E-state index is 12.5. The standard InChI is InChI=1S/C14H17NO5/c1-9-13(14(17)11-5-4-6-20-11)10(7-12(16)18-2)8-15(9)19-3/h4-6,10H,7-8H2,1-3H3. The number of hydrogen-bond donors (Lipinski definition) is 0. The van der Waals surface area contributed by atoms with Gasteiger partial charge < -0.3 is 9.15 Å². The van der Waals surface area contributed by atoms with E-state index in [-0.39, 0.29) is 29.9 Å². The summed E-state index contributed by atoms with van der Waals surface area (Å²) < 4.78 is 9.82. The van der Waals surface area contributed by atoms with E-state index in [2.05, 4.69) is 4.74 Å². The van der Waals surface area contributed by atoms with E-state index in [0.29, 0.717) is 17.8 Å². The highest BCUT2D eigenvalue weighted by molar-refractivity contribution is 6.08. The lowest BCUT2D eigenvalue weighted by Gasteiger charge is -2.16. The van der Waals surface area contributed by atoms with Crippen LogP contribution < -0.4 is 0 Å². The Kier molecular flexibility index (Phi) is 4.24. The molecule has 108 valence electrons. The molecule has 0 saturated heterocycles. The number of esters is 1. The first-order valence-electron chi connectivity index (χ1n) is 6.26. The molecule has 0 aliphatic carbocycles. The normalized spacial score (nSPS) is 18.6. The molecule has 0 radical (unpaired) electrons. The number of ether oxygens (including phenoxy) is 1. The fourth-order valence-electron chi connectivity index (χ4n) is 2.41. The molecule has 1 aliphatic rings. The molecule has 20 heavy (non-hydrogen) atoms. The summed E-state index contributed by atoms with van der Waals surface area (Å²) in [6, 6.07) is 3.26. The summed E-state index contributed by atoms with van der Waals surface area (Å²) in [5.74, 6) is -0.585. The van der Waals surface area contributed by atoms with Gasteiger partial charge in [0.1, 0.15) is 0 Å². The topological polar surface area (TPSA) is 69.0 Å². The van der Waals surface area contributed by atoms with E-state index < -0.39 is 0 Å². The molecule has 0 spiro atoms. The van der Waals surface area contributed by atoms with Crippen molar-refractivity contribution in [3.05, 3.63) is 35.4 Å². The van der Waals surface area contributed by atoms with E-state index in [4.69, 9.17) is 9.25 Å². The zero-order valence-electron chi connectivity index (χ0n) is 11.7. The predicted molar refractivity (Wildman–Crippen MR) is 69.6 cm³/mol. The summed E-state index contributed by atoms with van der Waals surface area (Å²) in [4.78, 5) is 29.2. The average molecular weight is 279 g/mol. The van der Waals surface area contributed by atoms with Gasteiger partial charge in [-0.15, -0.1) is 0 Å². The van der Waals surface area contributed by atoms with E-state index in [1.54, 1.807) is 24.1 Å². The van der Waals surface area contributed by atoms with Crippen LogP contribution in [0.5, 0.6) is 0 Å². The number of nitrogens with zero attached hydrogens (tertiary/aromatic N) is 1. The lowest BCUT2D eigenvalue weighted by atomic mass is 9.93. The Morgan fingerprint density at radius 3 is 2.75 bits per heavy atom. The summed E-state index contributed by atoms with van der Waals surface area (Å²) in [7, 11) is 2.86. The second-order valence-electron chi connectivity index (χ2n) is 4.53. The molecular formula is C14H17NO5. The molecule has 0 saturated carbocycles. The van der Waals surface area contributed by atoms with Crippen molar-refractivity contribution in [3.63, 3.8) is 0 Å². The number of allylic oxidation sites excluding steroid dienone is 1. The average Bonchev–Trinajstić information content (AvgIpc) is 3.06. The molecule has 1 aromatic heterocycles. The molecule has 0 amide bonds. The third-order valence-electron chi connectivity index (χ3n) is 3.41. The number of furan rings is 1. The van der Waals surface area contributed by atoms with Crippen LogP contribution in [0.25, 0.3) is 0 Å². The van der Waals surface area contributed by atoms with Gasteiger partial charge in [0.15, 0.2) is 5.76 Å². The predicted octanol–water partition coefficient (Wildman–Crippen LogP) is 1.79. The number of Topliss-reactive ketones (excluding diaryl/α,β-unsaturated/α-hetero) is 1. The molecule has 0 N–H and O–H groups in total. The van der Waals surface area contributed by atoms with Crippen molar-refractivity contribution < 1.29 is 23.6 Å². The SMILES string of the molecule is COC(=O)CC1CN(OC)C(C)=C1C(=O)c1ccco1. The van der Waals surface area contributed by atoms with Crippen LogP contribution in [0.15, 0.2) is 34.1 Å². The lowest BCUT2D eigenvalue weighted by Crippen LogP contribution is -2.22. The molecule has 1 aliphatic heterocycles. The molecule has 0 aromatic carbocycles. The minimum absolute atomic E-state index is 0.134. The van der Waals surface area contributed by atoms with Crippen molar-refractivity contribution >= 4 is 11.8 Å². The summed E-state index contributed by atoms with van der Waals surface area (Å²) in [5.41, 5.74) is 1.23. The highest BCUT2D eigenvalue weighted by atomic mass is 16.7. The highest BCUT2D eigenvalue weighted by Gasteiger charge is 2.36. The molecule has 2 rings (SSSR count). The van der Waals surface area contributed by atoms with Crippen molar-refractivity contribution in [1.82, 2.24) is 5.06 Å². The van der Waals surface area contributed by atoms with Crippen molar-refractivity contribution in [2.24, 2.45) is 5.92 Å². The van der Waals surface area contributed by atoms with Crippen molar-refractivity contribution in [2.45, 2.75) is 13.3 Å². The minimum Gasteiger partial charge on any atom is -0.469 e. The Morgan fingerprint density at radius 2 is 2.20 bits per heavy atom. The van der Waals surface area contributed by atoms with Gasteiger partial charge in [-0.2, -0.15) is 0 Å². The molecule has 0 fully saturated rings. The third kappa shape index (κ3) is 2.60. The Morgan fingerprint density at radius 1 is 1.45 bits per heavy atom. The Hall–Kier alpha value is -2.08. The molecule has 1 atom stereocenters. The Balaban J connectivity index is 2.30. The number of carbonyl (C=O) groups is 2. The number of hydrogen-bond acceptors (Lipinski definition) is 6. The maximum absolute atomic E-state index is 12.5. The lowest BCUT2D eigenvalue weighted by molar-refractivity contribution is -0.142. The van der Waals surface area contributed by atoms with Gasteiger partial charge in [-0.05, 0) is 19.1 Å².